The Kier molecular flexibility index (Phi) is 16.9. The molecule has 198 valence electrons. The van der Waals surface area contributed by atoms with E-state index in [9.17, 15) is 0 Å². The van der Waals surface area contributed by atoms with Crippen LogP contribution in [0.5, 0.6) is 0 Å². The van der Waals surface area contributed by atoms with Crippen molar-refractivity contribution in [1.29, 1.82) is 0 Å². The van der Waals surface area contributed by atoms with Gasteiger partial charge in [0.2, 0.25) is 10.4 Å². The standard InChI is InChI=1S/2C12H28N.H2O5S/c2*1-9(2)13(10(3)4,11(5)6)12(7)8;1-5-6(2,3)4/h2*9-12H,1-8H3;1H,(H,2,3,4)/q2*+1;/p-2. The van der Waals surface area contributed by atoms with Gasteiger partial charge in [0.05, 0.1) is 48.3 Å². The second kappa shape index (κ2) is 14.9. The van der Waals surface area contributed by atoms with Gasteiger partial charge in [-0.05, 0) is 111 Å². The summed E-state index contributed by atoms with van der Waals surface area (Å²) in [5.74, 6) is 0. The number of nitrogens with zero attached hydrogens (tertiary/aromatic N) is 2. The Morgan fingerprint density at radius 2 is 0.562 bits per heavy atom. The number of quaternary nitrogens is 2. The zero-order valence-electron chi connectivity index (χ0n) is 24.0. The van der Waals surface area contributed by atoms with Gasteiger partial charge >= 0.3 is 0 Å². The first-order valence-electron chi connectivity index (χ1n) is 12.1. The fourth-order valence-corrected chi connectivity index (χ4v) is 7.16. The van der Waals surface area contributed by atoms with E-state index in [4.69, 9.17) is 18.2 Å². The Morgan fingerprint density at radius 3 is 0.562 bits per heavy atom. The SMILES string of the molecule is CC(C)[N+](C(C)C)(C(C)C)C(C)C.CC(C)[N+](C(C)C)(C(C)C)C(C)C.O=S(=O)([O-])O[O-]. The topological polar surface area (TPSA) is 89.5 Å². The number of hydrogen-bond acceptors (Lipinski definition) is 5. The van der Waals surface area contributed by atoms with Gasteiger partial charge < -0.3 is 23.1 Å². The van der Waals surface area contributed by atoms with Crippen LogP contribution >= 0.6 is 0 Å². The molecule has 7 nitrogen and oxygen atoms in total. The molecule has 0 radical (unpaired) electrons. The van der Waals surface area contributed by atoms with Gasteiger partial charge in [0.25, 0.3) is 0 Å². The summed E-state index contributed by atoms with van der Waals surface area (Å²) in [6.45, 7) is 37.6. The first-order valence-corrected chi connectivity index (χ1v) is 13.5. The highest BCUT2D eigenvalue weighted by molar-refractivity contribution is 7.80. The maximum absolute atomic E-state index is 8.91. The third kappa shape index (κ3) is 9.55. The van der Waals surface area contributed by atoms with Gasteiger partial charge in [0.1, 0.15) is 0 Å². The van der Waals surface area contributed by atoms with Crippen molar-refractivity contribution in [1.82, 2.24) is 0 Å². The third-order valence-electron chi connectivity index (χ3n) is 7.24. The molecule has 0 spiro atoms. The highest BCUT2D eigenvalue weighted by atomic mass is 32.3. The minimum atomic E-state index is -4.97. The number of rotatable bonds is 9. The normalized spacial score (nSPS) is 13.4. The van der Waals surface area contributed by atoms with Crippen LogP contribution in [0.15, 0.2) is 0 Å². The van der Waals surface area contributed by atoms with Crippen molar-refractivity contribution < 1.29 is 31.5 Å². The molecule has 0 atom stereocenters. The lowest BCUT2D eigenvalue weighted by Gasteiger charge is -2.52. The lowest BCUT2D eigenvalue weighted by atomic mass is 10.0. The molecule has 0 aliphatic rings. The molecule has 0 saturated heterocycles. The van der Waals surface area contributed by atoms with Crippen LogP contribution in [0.25, 0.3) is 0 Å². The molecular weight excluding hydrogens is 428 g/mol. The van der Waals surface area contributed by atoms with Gasteiger partial charge in [-0.2, -0.15) is 0 Å². The zero-order chi connectivity index (χ0) is 26.8. The van der Waals surface area contributed by atoms with E-state index in [-0.39, 0.29) is 0 Å². The summed E-state index contributed by atoms with van der Waals surface area (Å²) < 4.78 is 31.3. The van der Waals surface area contributed by atoms with Crippen molar-refractivity contribution in [3.05, 3.63) is 0 Å². The summed E-state index contributed by atoms with van der Waals surface area (Å²) in [4.78, 5) is 0. The maximum atomic E-state index is 8.91. The molecule has 8 heteroatoms. The smallest absolute Gasteiger partial charge is 0.208 e. The quantitative estimate of drug-likeness (QED) is 0.157. The monoisotopic (exact) mass is 484 g/mol. The Hall–Kier alpha value is -0.250. The van der Waals surface area contributed by atoms with Crippen LogP contribution in [0, 0.1) is 0 Å². The Labute approximate surface area is 201 Å². The fraction of sp³-hybridized carbons (Fsp3) is 1.00. The van der Waals surface area contributed by atoms with Gasteiger partial charge in [-0.25, -0.2) is 8.42 Å². The molecule has 0 N–H and O–H groups in total. The summed E-state index contributed by atoms with van der Waals surface area (Å²) in [5.41, 5.74) is 0. The average molecular weight is 485 g/mol. The van der Waals surface area contributed by atoms with Crippen LogP contribution in [-0.2, 0) is 14.7 Å². The van der Waals surface area contributed by atoms with Crippen LogP contribution in [0.4, 0.5) is 0 Å². The molecule has 0 bridgehead atoms. The van der Waals surface area contributed by atoms with Crippen molar-refractivity contribution in [2.75, 3.05) is 0 Å². The van der Waals surface area contributed by atoms with Gasteiger partial charge in [0, 0.05) is 0 Å². The molecule has 0 heterocycles. The highest BCUT2D eigenvalue weighted by Crippen LogP contribution is 2.29. The highest BCUT2D eigenvalue weighted by Gasteiger charge is 2.41. The Bertz CT molecular complexity index is 472. The van der Waals surface area contributed by atoms with Crippen LogP contribution in [0.2, 0.25) is 0 Å². The summed E-state index contributed by atoms with van der Waals surface area (Å²) in [5, 5.41) is 8.55. The first-order chi connectivity index (χ1) is 14.1. The minimum Gasteiger partial charge on any atom is -0.726 e. The molecule has 0 aromatic heterocycles. The van der Waals surface area contributed by atoms with E-state index in [0.29, 0.717) is 48.3 Å². The zero-order valence-corrected chi connectivity index (χ0v) is 24.8. The summed E-state index contributed by atoms with van der Waals surface area (Å²) in [7, 11) is -4.97. The third-order valence-corrected chi connectivity index (χ3v) is 7.41. The summed E-state index contributed by atoms with van der Waals surface area (Å²) >= 11 is 0. The molecule has 0 amide bonds. The van der Waals surface area contributed by atoms with Crippen molar-refractivity contribution in [2.24, 2.45) is 0 Å². The van der Waals surface area contributed by atoms with Crippen LogP contribution in [-0.4, -0.2) is 70.3 Å². The van der Waals surface area contributed by atoms with Gasteiger partial charge in [-0.3, -0.25) is 0 Å². The molecule has 0 fully saturated rings. The average Bonchev–Trinajstić information content (AvgIpc) is 2.53. The second-order valence-electron chi connectivity index (χ2n) is 11.0. The largest absolute Gasteiger partial charge is 0.726 e. The summed E-state index contributed by atoms with van der Waals surface area (Å²) in [6.07, 6.45) is 0. The van der Waals surface area contributed by atoms with Crippen molar-refractivity contribution in [3.63, 3.8) is 0 Å². The van der Waals surface area contributed by atoms with Crippen molar-refractivity contribution in [2.45, 2.75) is 159 Å². The van der Waals surface area contributed by atoms with Gasteiger partial charge in [-0.1, -0.05) is 0 Å². The molecule has 0 aliphatic heterocycles. The maximum Gasteiger partial charge on any atom is 0.208 e. The predicted molar refractivity (Wildman–Crippen MR) is 132 cm³/mol. The van der Waals surface area contributed by atoms with Gasteiger partial charge in [-0.15, -0.1) is 0 Å². The predicted octanol–water partition coefficient (Wildman–Crippen LogP) is 4.61. The van der Waals surface area contributed by atoms with Gasteiger partial charge in [0.15, 0.2) is 0 Å². The fourth-order valence-electron chi connectivity index (χ4n) is 7.16. The lowest BCUT2D eigenvalue weighted by molar-refractivity contribution is -1.00. The lowest BCUT2D eigenvalue weighted by Crippen LogP contribution is -2.65. The van der Waals surface area contributed by atoms with Crippen LogP contribution in [0.1, 0.15) is 111 Å². The minimum absolute atomic E-state index is 0.708. The molecular formula is C24H56N2O5S. The van der Waals surface area contributed by atoms with Crippen LogP contribution in [0.3, 0.4) is 0 Å². The second-order valence-corrected chi connectivity index (χ2v) is 12.0. The first kappa shape index (κ1) is 36.3. The molecule has 0 aromatic carbocycles. The van der Waals surface area contributed by atoms with E-state index in [2.05, 4.69) is 115 Å². The molecule has 0 unspecified atom stereocenters. The van der Waals surface area contributed by atoms with E-state index in [1.165, 1.54) is 8.97 Å². The van der Waals surface area contributed by atoms with Crippen LogP contribution < -0.4 is 5.26 Å². The van der Waals surface area contributed by atoms with E-state index in [0.717, 1.165) is 0 Å². The molecule has 0 aromatic rings. The molecule has 0 rings (SSSR count). The van der Waals surface area contributed by atoms with E-state index in [1.807, 2.05) is 0 Å². The Balaban J connectivity index is -0.000000422. The van der Waals surface area contributed by atoms with E-state index in [1.54, 1.807) is 0 Å². The number of hydrogen-bond donors (Lipinski definition) is 0. The molecule has 0 saturated carbocycles. The molecule has 32 heavy (non-hydrogen) atoms. The Morgan fingerprint density at radius 1 is 0.469 bits per heavy atom. The summed E-state index contributed by atoms with van der Waals surface area (Å²) in [6, 6.07) is 5.67. The van der Waals surface area contributed by atoms with E-state index < -0.39 is 10.4 Å². The molecule has 0 aliphatic carbocycles. The van der Waals surface area contributed by atoms with Crippen molar-refractivity contribution in [3.8, 4) is 0 Å². The van der Waals surface area contributed by atoms with E-state index >= 15 is 0 Å². The van der Waals surface area contributed by atoms with Crippen molar-refractivity contribution >= 4 is 10.4 Å².